The first-order valence-corrected chi connectivity index (χ1v) is 7.72. The predicted molar refractivity (Wildman–Crippen MR) is 77.3 cm³/mol. The van der Waals surface area contributed by atoms with Gasteiger partial charge in [0.25, 0.3) is 0 Å². The fraction of sp³-hybridized carbons (Fsp3) is 1.00. The van der Waals surface area contributed by atoms with Gasteiger partial charge >= 0.3 is 0 Å². The summed E-state index contributed by atoms with van der Waals surface area (Å²) in [5.74, 6) is 0. The molecule has 0 aliphatic rings. The van der Waals surface area contributed by atoms with Crippen molar-refractivity contribution in [2.45, 2.75) is 98.0 Å². The van der Waals surface area contributed by atoms with Crippen LogP contribution in [0.25, 0.3) is 0 Å². The van der Waals surface area contributed by atoms with E-state index in [0.29, 0.717) is 0 Å². The first-order chi connectivity index (χ1) is 8.04. The zero-order valence-electron chi connectivity index (χ0n) is 12.6. The second kappa shape index (κ2) is 9.94. The summed E-state index contributed by atoms with van der Waals surface area (Å²) in [4.78, 5) is 0. The Morgan fingerprint density at radius 3 is 1.94 bits per heavy atom. The average molecular weight is 242 g/mol. The molecule has 1 atom stereocenters. The van der Waals surface area contributed by atoms with Gasteiger partial charge in [-0.25, -0.2) is 0 Å². The Morgan fingerprint density at radius 2 is 1.35 bits per heavy atom. The lowest BCUT2D eigenvalue weighted by Crippen LogP contribution is -2.29. The van der Waals surface area contributed by atoms with Gasteiger partial charge in [-0.3, -0.25) is 0 Å². The lowest BCUT2D eigenvalue weighted by Gasteiger charge is -2.30. The molecule has 0 aromatic heterocycles. The summed E-state index contributed by atoms with van der Waals surface area (Å²) >= 11 is 0. The van der Waals surface area contributed by atoms with Gasteiger partial charge in [0, 0.05) is 0 Å². The first-order valence-electron chi connectivity index (χ1n) is 7.72. The van der Waals surface area contributed by atoms with Crippen LogP contribution >= 0.6 is 0 Å². The van der Waals surface area contributed by atoms with E-state index in [1.54, 1.807) is 0 Å². The van der Waals surface area contributed by atoms with Crippen molar-refractivity contribution < 1.29 is 5.11 Å². The number of hydrogen-bond donors (Lipinski definition) is 1. The van der Waals surface area contributed by atoms with E-state index in [4.69, 9.17) is 0 Å². The zero-order valence-corrected chi connectivity index (χ0v) is 12.6. The number of hydrogen-bond acceptors (Lipinski definition) is 1. The molecule has 0 saturated carbocycles. The van der Waals surface area contributed by atoms with Gasteiger partial charge in [0.05, 0.1) is 6.10 Å². The standard InChI is InChI=1S/C16H34O/c1-5-7-9-10-11-13-15(17)16(3,4)14-12-8-6-2/h15,17H,5-14H2,1-4H3. The number of unbranched alkanes of at least 4 members (excludes halogenated alkanes) is 6. The summed E-state index contributed by atoms with van der Waals surface area (Å²) in [6.45, 7) is 8.92. The van der Waals surface area contributed by atoms with Gasteiger partial charge in [-0.2, -0.15) is 0 Å². The lowest BCUT2D eigenvalue weighted by atomic mass is 9.79. The molecule has 0 aliphatic heterocycles. The van der Waals surface area contributed by atoms with Crippen molar-refractivity contribution in [3.63, 3.8) is 0 Å². The maximum Gasteiger partial charge on any atom is 0.0591 e. The molecule has 1 nitrogen and oxygen atoms in total. The van der Waals surface area contributed by atoms with Crippen LogP contribution in [0.15, 0.2) is 0 Å². The summed E-state index contributed by atoms with van der Waals surface area (Å²) < 4.78 is 0. The lowest BCUT2D eigenvalue weighted by molar-refractivity contribution is 0.0334. The Labute approximate surface area is 109 Å². The van der Waals surface area contributed by atoms with Gasteiger partial charge in [0.15, 0.2) is 0 Å². The molecule has 1 unspecified atom stereocenters. The van der Waals surface area contributed by atoms with E-state index >= 15 is 0 Å². The van der Waals surface area contributed by atoms with E-state index in [9.17, 15) is 5.11 Å². The second-order valence-corrected chi connectivity index (χ2v) is 6.16. The van der Waals surface area contributed by atoms with Gasteiger partial charge in [-0.05, 0) is 18.3 Å². The summed E-state index contributed by atoms with van der Waals surface area (Å²) in [5.41, 5.74) is 0.111. The van der Waals surface area contributed by atoms with Crippen molar-refractivity contribution >= 4 is 0 Å². The van der Waals surface area contributed by atoms with Crippen LogP contribution in [0.3, 0.4) is 0 Å². The fourth-order valence-corrected chi connectivity index (χ4v) is 2.33. The molecule has 0 rings (SSSR count). The summed E-state index contributed by atoms with van der Waals surface area (Å²) in [5, 5.41) is 10.2. The van der Waals surface area contributed by atoms with E-state index in [0.717, 1.165) is 12.8 Å². The first kappa shape index (κ1) is 17.0. The van der Waals surface area contributed by atoms with E-state index in [1.165, 1.54) is 51.4 Å². The molecule has 1 N–H and O–H groups in total. The Hall–Kier alpha value is -0.0400. The minimum absolute atomic E-state index is 0.110. The van der Waals surface area contributed by atoms with Gasteiger partial charge in [0.2, 0.25) is 0 Å². The van der Waals surface area contributed by atoms with Crippen molar-refractivity contribution in [2.75, 3.05) is 0 Å². The van der Waals surface area contributed by atoms with Gasteiger partial charge in [-0.15, -0.1) is 0 Å². The molecule has 1 heteroatoms. The molecule has 0 saturated heterocycles. The van der Waals surface area contributed by atoms with Crippen LogP contribution in [0.5, 0.6) is 0 Å². The summed E-state index contributed by atoms with van der Waals surface area (Å²) in [6, 6.07) is 0. The minimum Gasteiger partial charge on any atom is -0.393 e. The molecule has 0 heterocycles. The van der Waals surface area contributed by atoms with Gasteiger partial charge in [-0.1, -0.05) is 79.1 Å². The maximum atomic E-state index is 10.2. The molecule has 0 fully saturated rings. The highest BCUT2D eigenvalue weighted by Crippen LogP contribution is 2.30. The van der Waals surface area contributed by atoms with E-state index in [2.05, 4.69) is 27.7 Å². The molecular weight excluding hydrogens is 208 g/mol. The molecule has 17 heavy (non-hydrogen) atoms. The Bertz CT molecular complexity index is 163. The Morgan fingerprint density at radius 1 is 0.824 bits per heavy atom. The fourth-order valence-electron chi connectivity index (χ4n) is 2.33. The number of rotatable bonds is 11. The normalized spacial score (nSPS) is 13.9. The largest absolute Gasteiger partial charge is 0.393 e. The average Bonchev–Trinajstić information content (AvgIpc) is 2.28. The van der Waals surface area contributed by atoms with Gasteiger partial charge < -0.3 is 5.11 Å². The van der Waals surface area contributed by atoms with Crippen LogP contribution < -0.4 is 0 Å². The molecular formula is C16H34O. The third kappa shape index (κ3) is 8.65. The summed E-state index contributed by atoms with van der Waals surface area (Å²) in [7, 11) is 0. The van der Waals surface area contributed by atoms with Crippen molar-refractivity contribution in [1.82, 2.24) is 0 Å². The molecule has 0 aliphatic carbocycles. The van der Waals surface area contributed by atoms with Crippen LogP contribution in [0.1, 0.15) is 91.9 Å². The van der Waals surface area contributed by atoms with Crippen LogP contribution in [0.4, 0.5) is 0 Å². The monoisotopic (exact) mass is 242 g/mol. The zero-order chi connectivity index (χ0) is 13.1. The maximum absolute atomic E-state index is 10.2. The molecule has 104 valence electrons. The van der Waals surface area contributed by atoms with Crippen molar-refractivity contribution in [1.29, 1.82) is 0 Å². The minimum atomic E-state index is -0.110. The highest BCUT2D eigenvalue weighted by Gasteiger charge is 2.26. The molecule has 0 spiro atoms. The van der Waals surface area contributed by atoms with Crippen molar-refractivity contribution in [2.24, 2.45) is 5.41 Å². The topological polar surface area (TPSA) is 20.2 Å². The molecule has 0 aromatic rings. The Kier molecular flexibility index (Phi) is 9.91. The third-order valence-corrected chi connectivity index (χ3v) is 3.91. The third-order valence-electron chi connectivity index (χ3n) is 3.91. The number of aliphatic hydroxyl groups is 1. The van der Waals surface area contributed by atoms with Crippen LogP contribution in [0.2, 0.25) is 0 Å². The molecule has 0 aromatic carbocycles. The Balaban J connectivity index is 3.66. The highest BCUT2D eigenvalue weighted by atomic mass is 16.3. The van der Waals surface area contributed by atoms with Gasteiger partial charge in [0.1, 0.15) is 0 Å². The van der Waals surface area contributed by atoms with E-state index < -0.39 is 0 Å². The van der Waals surface area contributed by atoms with E-state index in [1.807, 2.05) is 0 Å². The van der Waals surface area contributed by atoms with Crippen LogP contribution in [-0.2, 0) is 0 Å². The molecule has 0 bridgehead atoms. The van der Waals surface area contributed by atoms with Crippen LogP contribution in [-0.4, -0.2) is 11.2 Å². The van der Waals surface area contributed by atoms with E-state index in [-0.39, 0.29) is 11.5 Å². The number of aliphatic hydroxyl groups excluding tert-OH is 1. The van der Waals surface area contributed by atoms with Crippen LogP contribution in [0, 0.1) is 5.41 Å². The molecule has 0 radical (unpaired) electrons. The predicted octanol–water partition coefficient (Wildman–Crippen LogP) is 5.31. The second-order valence-electron chi connectivity index (χ2n) is 6.16. The SMILES string of the molecule is CCCCCCCC(O)C(C)(C)CCCCC. The van der Waals surface area contributed by atoms with Crippen molar-refractivity contribution in [3.8, 4) is 0 Å². The summed E-state index contributed by atoms with van der Waals surface area (Å²) in [6.07, 6.45) is 12.3. The van der Waals surface area contributed by atoms with Crippen molar-refractivity contribution in [3.05, 3.63) is 0 Å². The smallest absolute Gasteiger partial charge is 0.0591 e. The molecule has 0 amide bonds. The quantitative estimate of drug-likeness (QED) is 0.486. The highest BCUT2D eigenvalue weighted by molar-refractivity contribution is 4.77.